The molecule has 0 aromatic rings. The van der Waals surface area contributed by atoms with Gasteiger partial charge in [0.1, 0.15) is 18.2 Å². The molecule has 0 saturated heterocycles. The van der Waals surface area contributed by atoms with Gasteiger partial charge in [-0.15, -0.1) is 0 Å². The van der Waals surface area contributed by atoms with Crippen LogP contribution in [0.2, 0.25) is 0 Å². The maximum Gasteiger partial charge on any atom is 0.408 e. The molecule has 1 aliphatic rings. The number of esters is 1. The monoisotopic (exact) mass is 300 g/mol. The summed E-state index contributed by atoms with van der Waals surface area (Å²) in [5.74, 6) is -0.0938. The summed E-state index contributed by atoms with van der Waals surface area (Å²) in [6.45, 7) is 9.31. The predicted octanol–water partition coefficient (Wildman–Crippen LogP) is 1.51. The number of hydrogen-bond donors (Lipinski definition) is 1. The van der Waals surface area contributed by atoms with Gasteiger partial charge in [0.25, 0.3) is 0 Å². The second kappa shape index (κ2) is 6.78. The second-order valence-electron chi connectivity index (χ2n) is 6.19. The van der Waals surface area contributed by atoms with Gasteiger partial charge in [-0.05, 0) is 26.7 Å². The van der Waals surface area contributed by atoms with E-state index in [2.05, 4.69) is 15.0 Å². The molecule has 2 atom stereocenters. The van der Waals surface area contributed by atoms with Crippen molar-refractivity contribution in [2.24, 2.45) is 10.9 Å². The molecule has 0 saturated carbocycles. The molecule has 0 radical (unpaired) electrons. The summed E-state index contributed by atoms with van der Waals surface area (Å²) in [5.41, 5.74) is -0.585. The van der Waals surface area contributed by atoms with Gasteiger partial charge in [-0.1, -0.05) is 13.8 Å². The van der Waals surface area contributed by atoms with Crippen LogP contribution in [0.5, 0.6) is 0 Å². The van der Waals surface area contributed by atoms with E-state index in [0.29, 0.717) is 5.90 Å². The zero-order valence-corrected chi connectivity index (χ0v) is 13.4. The predicted molar refractivity (Wildman–Crippen MR) is 77.2 cm³/mol. The second-order valence-corrected chi connectivity index (χ2v) is 6.19. The SMILES string of the molecule is COC(=O)[C@@H]1COC([C@@H](NC(=O)OC(C)(C)C)C(C)C)=N1. The van der Waals surface area contributed by atoms with E-state index in [4.69, 9.17) is 9.47 Å². The number of amides is 1. The molecule has 1 rings (SSSR count). The Morgan fingerprint density at radius 3 is 2.48 bits per heavy atom. The molecule has 0 aliphatic carbocycles. The van der Waals surface area contributed by atoms with E-state index in [1.54, 1.807) is 20.8 Å². The molecule has 0 aromatic carbocycles. The molecule has 21 heavy (non-hydrogen) atoms. The molecular weight excluding hydrogens is 276 g/mol. The van der Waals surface area contributed by atoms with Crippen molar-refractivity contribution in [1.82, 2.24) is 5.32 Å². The van der Waals surface area contributed by atoms with Crippen molar-refractivity contribution in [3.8, 4) is 0 Å². The Bertz CT molecular complexity index is 426. The van der Waals surface area contributed by atoms with Crippen LogP contribution in [0.15, 0.2) is 4.99 Å². The Kier molecular flexibility index (Phi) is 5.57. The van der Waals surface area contributed by atoms with Crippen molar-refractivity contribution in [2.45, 2.75) is 52.3 Å². The Morgan fingerprint density at radius 1 is 1.38 bits per heavy atom. The van der Waals surface area contributed by atoms with Gasteiger partial charge < -0.3 is 19.5 Å². The molecule has 1 heterocycles. The standard InChI is InChI=1S/C14H24N2O5/c1-8(2)10(16-13(18)21-14(3,4)5)11-15-9(7-20-11)12(17)19-6/h8-10H,7H2,1-6H3,(H,16,18)/t9-,10-/m0/s1. The van der Waals surface area contributed by atoms with Crippen molar-refractivity contribution in [2.75, 3.05) is 13.7 Å². The van der Waals surface area contributed by atoms with Crippen molar-refractivity contribution in [1.29, 1.82) is 0 Å². The van der Waals surface area contributed by atoms with Crippen LogP contribution in [-0.2, 0) is 19.0 Å². The van der Waals surface area contributed by atoms with E-state index in [9.17, 15) is 9.59 Å². The van der Waals surface area contributed by atoms with Gasteiger partial charge in [0.2, 0.25) is 5.90 Å². The number of carbonyl (C=O) groups is 2. The number of ether oxygens (including phenoxy) is 3. The van der Waals surface area contributed by atoms with Crippen LogP contribution in [0.3, 0.4) is 0 Å². The fourth-order valence-electron chi connectivity index (χ4n) is 1.77. The minimum Gasteiger partial charge on any atom is -0.477 e. The molecular formula is C14H24N2O5. The lowest BCUT2D eigenvalue weighted by Gasteiger charge is -2.25. The Balaban J connectivity index is 2.75. The molecule has 0 fully saturated rings. The average Bonchev–Trinajstić information content (AvgIpc) is 2.81. The molecule has 0 spiro atoms. The number of carbonyl (C=O) groups excluding carboxylic acids is 2. The summed E-state index contributed by atoms with van der Waals surface area (Å²) in [6, 6.07) is -1.12. The first-order valence-electron chi connectivity index (χ1n) is 6.92. The zero-order valence-electron chi connectivity index (χ0n) is 13.4. The molecule has 1 amide bonds. The number of methoxy groups -OCH3 is 1. The fraction of sp³-hybridized carbons (Fsp3) is 0.786. The maximum absolute atomic E-state index is 11.9. The van der Waals surface area contributed by atoms with Crippen LogP contribution < -0.4 is 5.32 Å². The van der Waals surface area contributed by atoms with Crippen LogP contribution in [0.25, 0.3) is 0 Å². The maximum atomic E-state index is 11.9. The zero-order chi connectivity index (χ0) is 16.2. The number of hydrogen-bond acceptors (Lipinski definition) is 6. The van der Waals surface area contributed by atoms with E-state index in [0.717, 1.165) is 0 Å². The Hall–Kier alpha value is -1.79. The summed E-state index contributed by atoms with van der Waals surface area (Å²) in [6.07, 6.45) is -0.547. The third-order valence-electron chi connectivity index (χ3n) is 2.75. The van der Waals surface area contributed by atoms with Crippen molar-refractivity contribution in [3.05, 3.63) is 0 Å². The molecule has 7 nitrogen and oxygen atoms in total. The summed E-state index contributed by atoms with van der Waals surface area (Å²) in [7, 11) is 1.30. The first-order chi connectivity index (χ1) is 9.64. The highest BCUT2D eigenvalue weighted by Gasteiger charge is 2.33. The fourth-order valence-corrected chi connectivity index (χ4v) is 1.77. The number of nitrogens with one attached hydrogen (secondary N) is 1. The summed E-state index contributed by atoms with van der Waals surface area (Å²) < 4.78 is 15.3. The van der Waals surface area contributed by atoms with E-state index in [-0.39, 0.29) is 12.5 Å². The molecule has 7 heteroatoms. The lowest BCUT2D eigenvalue weighted by atomic mass is 10.0. The largest absolute Gasteiger partial charge is 0.477 e. The number of aliphatic imine (C=N–C) groups is 1. The highest BCUT2D eigenvalue weighted by molar-refractivity contribution is 5.90. The first kappa shape index (κ1) is 17.3. The van der Waals surface area contributed by atoms with E-state index in [1.165, 1.54) is 7.11 Å². The summed E-state index contributed by atoms with van der Waals surface area (Å²) in [5, 5.41) is 2.72. The smallest absolute Gasteiger partial charge is 0.408 e. The third kappa shape index (κ3) is 5.24. The highest BCUT2D eigenvalue weighted by Crippen LogP contribution is 2.15. The number of nitrogens with zero attached hydrogens (tertiary/aromatic N) is 1. The normalized spacial score (nSPS) is 19.6. The third-order valence-corrected chi connectivity index (χ3v) is 2.75. The topological polar surface area (TPSA) is 86.2 Å². The minimum absolute atomic E-state index is 0.0349. The lowest BCUT2D eigenvalue weighted by Crippen LogP contribution is -2.46. The van der Waals surface area contributed by atoms with Gasteiger partial charge in [-0.2, -0.15) is 0 Å². The molecule has 0 unspecified atom stereocenters. The van der Waals surface area contributed by atoms with E-state index in [1.807, 2.05) is 13.8 Å². The number of alkyl carbamates (subject to hydrolysis) is 1. The molecule has 1 N–H and O–H groups in total. The van der Waals surface area contributed by atoms with Crippen LogP contribution >= 0.6 is 0 Å². The van der Waals surface area contributed by atoms with Gasteiger partial charge in [-0.25, -0.2) is 14.6 Å². The summed E-state index contributed by atoms with van der Waals surface area (Å²) >= 11 is 0. The van der Waals surface area contributed by atoms with Crippen molar-refractivity contribution >= 4 is 18.0 Å². The molecule has 120 valence electrons. The van der Waals surface area contributed by atoms with Gasteiger partial charge in [0.05, 0.1) is 7.11 Å². The van der Waals surface area contributed by atoms with Crippen LogP contribution in [-0.4, -0.2) is 49.4 Å². The van der Waals surface area contributed by atoms with Crippen molar-refractivity contribution < 1.29 is 23.8 Å². The summed E-state index contributed by atoms with van der Waals surface area (Å²) in [4.78, 5) is 27.5. The average molecular weight is 300 g/mol. The molecule has 0 aromatic heterocycles. The lowest BCUT2D eigenvalue weighted by molar-refractivity contribution is -0.142. The van der Waals surface area contributed by atoms with Crippen LogP contribution in [0.1, 0.15) is 34.6 Å². The number of rotatable bonds is 4. The quantitative estimate of drug-likeness (QED) is 0.795. The van der Waals surface area contributed by atoms with Gasteiger partial charge in [0.15, 0.2) is 6.04 Å². The van der Waals surface area contributed by atoms with Gasteiger partial charge in [0, 0.05) is 0 Å². The first-order valence-corrected chi connectivity index (χ1v) is 6.92. The Labute approximate surface area is 125 Å². The van der Waals surface area contributed by atoms with Gasteiger partial charge >= 0.3 is 12.1 Å². The van der Waals surface area contributed by atoms with Gasteiger partial charge in [-0.3, -0.25) is 0 Å². The highest BCUT2D eigenvalue weighted by atomic mass is 16.6. The van der Waals surface area contributed by atoms with Crippen LogP contribution in [0, 0.1) is 5.92 Å². The van der Waals surface area contributed by atoms with Crippen molar-refractivity contribution in [3.63, 3.8) is 0 Å². The van der Waals surface area contributed by atoms with E-state index < -0.39 is 29.7 Å². The van der Waals surface area contributed by atoms with Crippen LogP contribution in [0.4, 0.5) is 4.79 Å². The van der Waals surface area contributed by atoms with E-state index >= 15 is 0 Å². The molecule has 1 aliphatic heterocycles. The molecule has 0 bridgehead atoms. The minimum atomic E-state index is -0.674. The Morgan fingerprint density at radius 2 is 2.00 bits per heavy atom.